The first kappa shape index (κ1) is 28.1. The van der Waals surface area contributed by atoms with E-state index >= 15 is 0 Å². The smallest absolute Gasteiger partial charge is 0.410 e. The molecule has 0 saturated heterocycles. The number of likely N-dealkylation sites (N-methyl/N-ethyl adjacent to an activating group) is 1. The molecule has 208 valence electrons. The Morgan fingerprint density at radius 2 is 1.87 bits per heavy atom. The summed E-state index contributed by atoms with van der Waals surface area (Å²) in [6.45, 7) is 3.80. The molecule has 0 heterocycles. The second-order valence-electron chi connectivity index (χ2n) is 10.5. The van der Waals surface area contributed by atoms with Gasteiger partial charge in [0.1, 0.15) is 5.75 Å². The number of rotatable bonds is 6. The number of carbonyl (C=O) groups is 6. The summed E-state index contributed by atoms with van der Waals surface area (Å²) in [5, 5.41) is 22.2. The lowest BCUT2D eigenvalue weighted by Crippen LogP contribution is -2.74. The first-order valence-corrected chi connectivity index (χ1v) is 12.4. The van der Waals surface area contributed by atoms with Crippen LogP contribution < -0.4 is 5.73 Å². The van der Waals surface area contributed by atoms with Gasteiger partial charge >= 0.3 is 6.09 Å². The van der Waals surface area contributed by atoms with Gasteiger partial charge in [-0.05, 0) is 50.0 Å². The summed E-state index contributed by atoms with van der Waals surface area (Å²) >= 11 is 0. The van der Waals surface area contributed by atoms with E-state index in [9.17, 15) is 39.0 Å². The van der Waals surface area contributed by atoms with Crippen LogP contribution in [-0.2, 0) is 36.9 Å². The summed E-state index contributed by atoms with van der Waals surface area (Å²) in [5.41, 5.74) is 3.35. The van der Waals surface area contributed by atoms with Crippen molar-refractivity contribution in [1.82, 2.24) is 9.80 Å². The van der Waals surface area contributed by atoms with E-state index in [-0.39, 0.29) is 31.5 Å². The maximum atomic E-state index is 13.8. The molecule has 0 aromatic heterocycles. The number of nitrogens with two attached hydrogens (primary N) is 1. The van der Waals surface area contributed by atoms with E-state index in [0.29, 0.717) is 11.1 Å². The predicted molar refractivity (Wildman–Crippen MR) is 134 cm³/mol. The van der Waals surface area contributed by atoms with Crippen LogP contribution in [0.25, 0.3) is 0 Å². The van der Waals surface area contributed by atoms with E-state index < -0.39 is 76.2 Å². The Morgan fingerprint density at radius 1 is 1.21 bits per heavy atom. The highest BCUT2D eigenvalue weighted by Gasteiger charge is 2.69. The zero-order valence-electron chi connectivity index (χ0n) is 21.9. The molecule has 0 radical (unpaired) electrons. The van der Waals surface area contributed by atoms with E-state index in [1.165, 1.54) is 43.1 Å². The number of hydrogen-bond acceptors (Lipinski definition) is 10. The molecule has 4 rings (SSSR count). The normalized spacial score (nSPS) is 29.8. The monoisotopic (exact) mass is 541 g/mol. The minimum Gasteiger partial charge on any atom is -0.507 e. The minimum absolute atomic E-state index is 0.0187. The van der Waals surface area contributed by atoms with Crippen molar-refractivity contribution in [3.63, 3.8) is 0 Å². The lowest BCUT2D eigenvalue weighted by Gasteiger charge is -2.52. The number of methoxy groups -OCH3 is 1. The molecule has 0 bridgehead atoms. The zero-order chi connectivity index (χ0) is 29.0. The van der Waals surface area contributed by atoms with Crippen LogP contribution in [0.1, 0.15) is 27.9 Å². The molecule has 6 atom stereocenters. The van der Waals surface area contributed by atoms with Crippen LogP contribution >= 0.6 is 0 Å². The Hall–Kier alpha value is -3.90. The predicted octanol–water partition coefficient (Wildman–Crippen LogP) is -0.379. The van der Waals surface area contributed by atoms with Gasteiger partial charge in [-0.15, -0.1) is 6.58 Å². The van der Waals surface area contributed by atoms with Gasteiger partial charge in [0.15, 0.2) is 34.7 Å². The first-order valence-electron chi connectivity index (χ1n) is 12.4. The second kappa shape index (κ2) is 10.0. The molecule has 2 amide bonds. The van der Waals surface area contributed by atoms with Gasteiger partial charge < -0.3 is 25.6 Å². The number of primary amides is 1. The number of Topliss-reactive ketones (excluding diaryl/α,β-unsaturated/α-hetero) is 4. The van der Waals surface area contributed by atoms with Crippen molar-refractivity contribution in [2.75, 3.05) is 27.7 Å². The summed E-state index contributed by atoms with van der Waals surface area (Å²) in [6.07, 6.45) is 0.904. The molecule has 0 spiro atoms. The zero-order valence-corrected chi connectivity index (χ0v) is 21.9. The van der Waals surface area contributed by atoms with Gasteiger partial charge in [-0.25, -0.2) is 4.79 Å². The number of ether oxygens (including phenoxy) is 1. The van der Waals surface area contributed by atoms with Gasteiger partial charge in [0.25, 0.3) is 0 Å². The van der Waals surface area contributed by atoms with Crippen molar-refractivity contribution < 1.29 is 43.7 Å². The third-order valence-electron chi connectivity index (χ3n) is 8.19. The minimum atomic E-state index is -2.78. The van der Waals surface area contributed by atoms with Crippen molar-refractivity contribution in [2.24, 2.45) is 29.4 Å². The third-order valence-corrected chi connectivity index (χ3v) is 8.19. The van der Waals surface area contributed by atoms with Crippen LogP contribution in [0.2, 0.25) is 0 Å². The highest BCUT2D eigenvalue weighted by molar-refractivity contribution is 6.32. The third kappa shape index (κ3) is 4.14. The lowest BCUT2D eigenvalue weighted by molar-refractivity contribution is -0.181. The largest absolute Gasteiger partial charge is 0.507 e. The van der Waals surface area contributed by atoms with Gasteiger partial charge in [-0.3, -0.25) is 28.9 Å². The maximum absolute atomic E-state index is 13.8. The van der Waals surface area contributed by atoms with Gasteiger partial charge in [-0.2, -0.15) is 0 Å². The molecular weight excluding hydrogens is 510 g/mol. The number of carbonyl (C=O) groups excluding carboxylic acids is 6. The Morgan fingerprint density at radius 3 is 2.44 bits per heavy atom. The highest BCUT2D eigenvalue weighted by Crippen LogP contribution is 2.51. The number of phenols is 1. The average molecular weight is 542 g/mol. The molecule has 4 N–H and O–H groups in total. The quantitative estimate of drug-likeness (QED) is 0.317. The van der Waals surface area contributed by atoms with E-state index in [4.69, 9.17) is 10.5 Å². The van der Waals surface area contributed by atoms with Crippen molar-refractivity contribution >= 4 is 35.1 Å². The molecule has 2 fully saturated rings. The molecule has 2 unspecified atom stereocenters. The van der Waals surface area contributed by atoms with Crippen LogP contribution in [0.3, 0.4) is 0 Å². The molecule has 3 aliphatic carbocycles. The number of ketones is 4. The van der Waals surface area contributed by atoms with E-state index in [2.05, 4.69) is 6.58 Å². The summed E-state index contributed by atoms with van der Waals surface area (Å²) in [7, 11) is 4.27. The van der Waals surface area contributed by atoms with E-state index in [1.54, 1.807) is 6.07 Å². The van der Waals surface area contributed by atoms with Crippen molar-refractivity contribution in [2.45, 2.75) is 31.0 Å². The van der Waals surface area contributed by atoms with Gasteiger partial charge in [0.2, 0.25) is 5.91 Å². The summed E-state index contributed by atoms with van der Waals surface area (Å²) < 4.78 is 4.83. The topological polar surface area (TPSA) is 185 Å². The Bertz CT molecular complexity index is 1310. The van der Waals surface area contributed by atoms with Gasteiger partial charge in [-0.1, -0.05) is 12.1 Å². The van der Waals surface area contributed by atoms with Crippen molar-refractivity contribution in [3.8, 4) is 5.75 Å². The Kier molecular flexibility index (Phi) is 7.21. The fraction of sp³-hybridized carbons (Fsp3) is 0.481. The molecule has 2 saturated carbocycles. The molecule has 12 nitrogen and oxygen atoms in total. The summed E-state index contributed by atoms with van der Waals surface area (Å²) in [6, 6.07) is 1.66. The lowest BCUT2D eigenvalue weighted by atomic mass is 9.52. The van der Waals surface area contributed by atoms with Crippen LogP contribution in [0.5, 0.6) is 5.75 Å². The average Bonchev–Trinajstić information content (AvgIpc) is 2.86. The molecular formula is C27H31N3O9. The second-order valence-corrected chi connectivity index (χ2v) is 10.5. The van der Waals surface area contributed by atoms with Crippen molar-refractivity contribution in [1.29, 1.82) is 0 Å². The number of hydrogen-bond donors (Lipinski definition) is 3. The number of benzene rings is 1. The number of aliphatic hydroxyl groups is 1. The van der Waals surface area contributed by atoms with Crippen LogP contribution in [0, 0.1) is 23.7 Å². The summed E-state index contributed by atoms with van der Waals surface area (Å²) in [5.74, 6) is -11.2. The molecule has 39 heavy (non-hydrogen) atoms. The molecule has 1 aromatic carbocycles. The van der Waals surface area contributed by atoms with E-state index in [1.807, 2.05) is 0 Å². The molecule has 0 aliphatic heterocycles. The van der Waals surface area contributed by atoms with Crippen LogP contribution in [0.15, 0.2) is 24.8 Å². The van der Waals surface area contributed by atoms with Crippen LogP contribution in [0.4, 0.5) is 4.79 Å². The standard InChI is InChI=1S/C27H31N3O9/c1-5-8-30(26(37)39-4)11-12-6-7-16(31)18-14(12)9-13-10-15-20(29(2)3)22(33)19(25(28)36)24(35)27(15,38)23(34)17(13)21(18)32/h5-7,13,15,17,19-20,31,38H,1,8-11H2,2-4H3,(H2,28,36)/t13-,15-,17?,19?,20-,27-/m0/s1. The summed E-state index contributed by atoms with van der Waals surface area (Å²) in [4.78, 5) is 81.2. The maximum Gasteiger partial charge on any atom is 0.410 e. The van der Waals surface area contributed by atoms with Crippen LogP contribution in [-0.4, -0.2) is 94.5 Å². The SMILES string of the molecule is C=CCN(Cc1ccc(O)c2c1C[C@H]1C[C@H]3[C@H](N(C)C)C(=O)C(C(N)=O)C(=O)[C@@]3(O)C(=O)C1C2=O)C(=O)OC. The van der Waals surface area contributed by atoms with Crippen molar-refractivity contribution in [3.05, 3.63) is 41.5 Å². The highest BCUT2D eigenvalue weighted by atomic mass is 16.5. The fourth-order valence-corrected chi connectivity index (χ4v) is 6.51. The number of phenolic OH excluding ortho intramolecular Hbond substituents is 1. The number of fused-ring (bicyclic) bond motifs is 3. The number of aromatic hydroxyl groups is 1. The molecule has 12 heteroatoms. The Labute approximate surface area is 224 Å². The fourth-order valence-electron chi connectivity index (χ4n) is 6.51. The van der Waals surface area contributed by atoms with E-state index in [0.717, 1.165) is 0 Å². The molecule has 1 aromatic rings. The first-order chi connectivity index (χ1) is 18.3. The Balaban J connectivity index is 1.82. The number of nitrogens with zero attached hydrogens (tertiary/aromatic N) is 2. The molecule has 3 aliphatic rings. The van der Waals surface area contributed by atoms with Gasteiger partial charge in [0.05, 0.1) is 24.6 Å². The van der Waals surface area contributed by atoms with Gasteiger partial charge in [0, 0.05) is 19.0 Å². The number of amides is 2.